The third kappa shape index (κ3) is 6.74. The van der Waals surface area contributed by atoms with Crippen molar-refractivity contribution in [1.82, 2.24) is 25.3 Å². The number of hydrogen-bond donors (Lipinski definition) is 2. The van der Waals surface area contributed by atoms with E-state index in [-0.39, 0.29) is 30.2 Å². The summed E-state index contributed by atoms with van der Waals surface area (Å²) in [4.78, 5) is 44.9. The molecule has 0 aliphatic carbocycles. The van der Waals surface area contributed by atoms with Crippen molar-refractivity contribution in [1.29, 1.82) is 0 Å². The zero-order valence-electron chi connectivity index (χ0n) is 23.1. The quantitative estimate of drug-likeness (QED) is 0.541. The molecule has 0 unspecified atom stereocenters. The number of likely N-dealkylation sites (N-methyl/N-ethyl adjacent to an activating group) is 1. The first-order valence-corrected chi connectivity index (χ1v) is 12.9. The van der Waals surface area contributed by atoms with Gasteiger partial charge in [-0.05, 0) is 59.2 Å². The van der Waals surface area contributed by atoms with Gasteiger partial charge in [0, 0.05) is 50.0 Å². The molecule has 4 amide bonds. The van der Waals surface area contributed by atoms with E-state index in [2.05, 4.69) is 15.5 Å². The van der Waals surface area contributed by atoms with E-state index in [9.17, 15) is 14.4 Å². The van der Waals surface area contributed by atoms with Crippen molar-refractivity contribution in [3.05, 3.63) is 41.1 Å². The van der Waals surface area contributed by atoms with E-state index in [0.29, 0.717) is 49.7 Å². The topological polar surface area (TPSA) is 103 Å². The van der Waals surface area contributed by atoms with Crippen LogP contribution in [0.5, 0.6) is 5.75 Å². The van der Waals surface area contributed by atoms with Crippen LogP contribution in [0.4, 0.5) is 9.59 Å². The number of carbonyl (C=O) groups is 3. The minimum Gasteiger partial charge on any atom is -0.497 e. The van der Waals surface area contributed by atoms with Crippen molar-refractivity contribution in [3.8, 4) is 5.75 Å². The van der Waals surface area contributed by atoms with Gasteiger partial charge in [0.2, 0.25) is 0 Å². The number of methoxy groups -OCH3 is 1. The number of esters is 1. The molecule has 0 saturated carbocycles. The number of urea groups is 2. The fourth-order valence-corrected chi connectivity index (χ4v) is 4.79. The van der Waals surface area contributed by atoms with Crippen LogP contribution in [0.1, 0.15) is 53.1 Å². The summed E-state index contributed by atoms with van der Waals surface area (Å²) in [7, 11) is 1.59. The molecule has 37 heavy (non-hydrogen) atoms. The van der Waals surface area contributed by atoms with Crippen LogP contribution in [-0.4, -0.2) is 90.8 Å². The lowest BCUT2D eigenvalue weighted by Gasteiger charge is -2.43. The van der Waals surface area contributed by atoms with E-state index in [4.69, 9.17) is 9.47 Å². The molecule has 3 rings (SSSR count). The monoisotopic (exact) mass is 515 g/mol. The van der Waals surface area contributed by atoms with Crippen LogP contribution in [0.3, 0.4) is 0 Å². The Morgan fingerprint density at radius 3 is 2.35 bits per heavy atom. The van der Waals surface area contributed by atoms with Gasteiger partial charge < -0.3 is 25.0 Å². The lowest BCUT2D eigenvalue weighted by atomic mass is 9.94. The second-order valence-corrected chi connectivity index (χ2v) is 10.4. The van der Waals surface area contributed by atoms with Gasteiger partial charge in [-0.2, -0.15) is 0 Å². The number of amides is 4. The number of benzene rings is 1. The van der Waals surface area contributed by atoms with Crippen LogP contribution in [0.15, 0.2) is 35.5 Å². The normalized spacial score (nSPS) is 21.0. The van der Waals surface area contributed by atoms with E-state index in [1.54, 1.807) is 31.1 Å². The third-order valence-electron chi connectivity index (χ3n) is 6.53. The van der Waals surface area contributed by atoms with Gasteiger partial charge >= 0.3 is 18.0 Å². The van der Waals surface area contributed by atoms with Crippen LogP contribution in [0, 0.1) is 0 Å². The number of piperazine rings is 1. The Hall–Kier alpha value is -3.27. The van der Waals surface area contributed by atoms with Crippen molar-refractivity contribution in [2.75, 3.05) is 46.4 Å². The van der Waals surface area contributed by atoms with E-state index in [1.807, 2.05) is 51.7 Å². The lowest BCUT2D eigenvalue weighted by molar-refractivity contribution is -0.139. The highest BCUT2D eigenvalue weighted by Crippen LogP contribution is 2.33. The minimum absolute atomic E-state index is 0.0346. The second kappa shape index (κ2) is 11.9. The van der Waals surface area contributed by atoms with Crippen LogP contribution >= 0.6 is 0 Å². The predicted molar refractivity (Wildman–Crippen MR) is 141 cm³/mol. The maximum Gasteiger partial charge on any atom is 0.338 e. The largest absolute Gasteiger partial charge is 0.497 e. The third-order valence-corrected chi connectivity index (χ3v) is 6.53. The van der Waals surface area contributed by atoms with Crippen molar-refractivity contribution in [2.45, 2.75) is 59.2 Å². The maximum absolute atomic E-state index is 13.3. The Morgan fingerprint density at radius 2 is 1.81 bits per heavy atom. The highest BCUT2D eigenvalue weighted by Gasteiger charge is 2.39. The summed E-state index contributed by atoms with van der Waals surface area (Å²) in [5.74, 6) is 0.235. The molecular weight excluding hydrogens is 474 g/mol. The standard InChI is InChI=1S/C27H41N5O5/c1-8-31-21(17-30-14-15-32(18(3)16-30)26(35)29-27(4,5)6)22(24(33)37-9-2)23(28-25(31)34)19-10-12-20(36-7)13-11-19/h10-13,18,23H,8-9,14-17H2,1-7H3,(H,28,34)(H,29,35)/t18-,23+/m0/s1. The Kier molecular flexibility index (Phi) is 9.07. The summed E-state index contributed by atoms with van der Waals surface area (Å²) in [6.45, 7) is 14.3. The van der Waals surface area contributed by atoms with E-state index in [1.165, 1.54) is 0 Å². The highest BCUT2D eigenvalue weighted by atomic mass is 16.5. The number of rotatable bonds is 7. The molecule has 2 N–H and O–H groups in total. The van der Waals surface area contributed by atoms with Crippen LogP contribution in [-0.2, 0) is 9.53 Å². The summed E-state index contributed by atoms with van der Waals surface area (Å²) in [6.07, 6.45) is 0. The first kappa shape index (κ1) is 28.3. The van der Waals surface area contributed by atoms with Crippen LogP contribution < -0.4 is 15.4 Å². The van der Waals surface area contributed by atoms with Crippen LogP contribution in [0.25, 0.3) is 0 Å². The summed E-state index contributed by atoms with van der Waals surface area (Å²) in [5, 5.41) is 6.02. The molecule has 0 aromatic heterocycles. The van der Waals surface area contributed by atoms with Crippen molar-refractivity contribution in [3.63, 3.8) is 0 Å². The van der Waals surface area contributed by atoms with Crippen molar-refractivity contribution in [2.24, 2.45) is 0 Å². The molecule has 10 nitrogen and oxygen atoms in total. The number of hydrogen-bond acceptors (Lipinski definition) is 6. The molecule has 2 heterocycles. The van der Waals surface area contributed by atoms with E-state index in [0.717, 1.165) is 5.56 Å². The zero-order valence-corrected chi connectivity index (χ0v) is 23.1. The lowest BCUT2D eigenvalue weighted by Crippen LogP contribution is -2.59. The van der Waals surface area contributed by atoms with Gasteiger partial charge in [0.25, 0.3) is 0 Å². The molecule has 1 aromatic carbocycles. The molecular formula is C27H41N5O5. The molecule has 0 radical (unpaired) electrons. The highest BCUT2D eigenvalue weighted by molar-refractivity contribution is 5.95. The number of nitrogens with one attached hydrogen (secondary N) is 2. The Labute approximate surface area is 219 Å². The molecule has 1 aromatic rings. The number of ether oxygens (including phenoxy) is 2. The summed E-state index contributed by atoms with van der Waals surface area (Å²) < 4.78 is 10.7. The smallest absolute Gasteiger partial charge is 0.338 e. The Balaban J connectivity index is 1.92. The van der Waals surface area contributed by atoms with E-state index < -0.39 is 12.0 Å². The first-order chi connectivity index (χ1) is 17.5. The van der Waals surface area contributed by atoms with Gasteiger partial charge in [0.05, 0.1) is 25.3 Å². The predicted octanol–water partition coefficient (Wildman–Crippen LogP) is 3.11. The maximum atomic E-state index is 13.3. The van der Waals surface area contributed by atoms with Gasteiger partial charge in [0.1, 0.15) is 5.75 Å². The number of carbonyl (C=O) groups excluding carboxylic acids is 3. The first-order valence-electron chi connectivity index (χ1n) is 12.9. The van der Waals surface area contributed by atoms with Gasteiger partial charge in [-0.25, -0.2) is 14.4 Å². The molecule has 204 valence electrons. The second-order valence-electron chi connectivity index (χ2n) is 10.4. The van der Waals surface area contributed by atoms with Crippen molar-refractivity contribution >= 4 is 18.0 Å². The van der Waals surface area contributed by atoms with Gasteiger partial charge in [-0.1, -0.05) is 12.1 Å². The average molecular weight is 516 g/mol. The SMILES string of the molecule is CCOC(=O)C1=C(CN2CCN(C(=O)NC(C)(C)C)[C@@H](C)C2)N(CC)C(=O)N[C@@H]1c1ccc(OC)cc1. The van der Waals surface area contributed by atoms with Gasteiger partial charge in [0.15, 0.2) is 0 Å². The Morgan fingerprint density at radius 1 is 1.14 bits per heavy atom. The molecule has 1 fully saturated rings. The number of nitrogens with zero attached hydrogens (tertiary/aromatic N) is 3. The summed E-state index contributed by atoms with van der Waals surface area (Å²) in [6, 6.07) is 6.27. The molecule has 2 aliphatic rings. The minimum atomic E-state index is -0.647. The van der Waals surface area contributed by atoms with Gasteiger partial charge in [-0.15, -0.1) is 0 Å². The molecule has 2 atom stereocenters. The molecule has 1 saturated heterocycles. The zero-order chi connectivity index (χ0) is 27.3. The molecule has 0 bridgehead atoms. The molecule has 2 aliphatic heterocycles. The van der Waals surface area contributed by atoms with E-state index >= 15 is 0 Å². The molecule has 10 heteroatoms. The van der Waals surface area contributed by atoms with Gasteiger partial charge in [-0.3, -0.25) is 9.80 Å². The van der Waals surface area contributed by atoms with Crippen molar-refractivity contribution < 1.29 is 23.9 Å². The fourth-order valence-electron chi connectivity index (χ4n) is 4.79. The van der Waals surface area contributed by atoms with Crippen LogP contribution in [0.2, 0.25) is 0 Å². The molecule has 0 spiro atoms. The Bertz CT molecular complexity index is 1020. The summed E-state index contributed by atoms with van der Waals surface area (Å²) >= 11 is 0. The summed E-state index contributed by atoms with van der Waals surface area (Å²) in [5.41, 5.74) is 1.50. The fraction of sp³-hybridized carbons (Fsp3) is 0.593. The average Bonchev–Trinajstić information content (AvgIpc) is 2.83.